The van der Waals surface area contributed by atoms with Crippen LogP contribution in [0.15, 0.2) is 48.8 Å². The quantitative estimate of drug-likeness (QED) is 0.386. The van der Waals surface area contributed by atoms with Gasteiger partial charge in [0.25, 0.3) is 0 Å². The molecule has 0 aliphatic carbocycles. The summed E-state index contributed by atoms with van der Waals surface area (Å²) in [6.45, 7) is 2.45. The smallest absolute Gasteiger partial charge is 0.227 e. The number of piperazine rings is 1. The molecule has 1 fully saturated rings. The number of methoxy groups -OCH3 is 3. The van der Waals surface area contributed by atoms with Crippen molar-refractivity contribution in [1.82, 2.24) is 29.9 Å². The fourth-order valence-corrected chi connectivity index (χ4v) is 4.31. The molecule has 11 heteroatoms. The van der Waals surface area contributed by atoms with Crippen LogP contribution in [0, 0.1) is 0 Å². The second-order valence-corrected chi connectivity index (χ2v) is 8.30. The summed E-state index contributed by atoms with van der Waals surface area (Å²) in [6, 6.07) is 13.1. The van der Waals surface area contributed by atoms with E-state index in [0.29, 0.717) is 61.1 Å². The number of nitrogens with zero attached hydrogens (tertiary/aromatic N) is 7. The molecule has 0 bridgehead atoms. The lowest BCUT2D eigenvalue weighted by molar-refractivity contribution is -0.130. The van der Waals surface area contributed by atoms with E-state index >= 15 is 0 Å². The van der Waals surface area contributed by atoms with Crippen LogP contribution in [0.2, 0.25) is 0 Å². The van der Waals surface area contributed by atoms with E-state index in [0.717, 1.165) is 17.0 Å². The Morgan fingerprint density at radius 3 is 2.33 bits per heavy atom. The molecule has 2 aromatic heterocycles. The number of rotatable bonds is 7. The lowest BCUT2D eigenvalue weighted by Crippen LogP contribution is -2.49. The molecular formula is C25H27N7O4. The van der Waals surface area contributed by atoms with Gasteiger partial charge < -0.3 is 24.0 Å². The summed E-state index contributed by atoms with van der Waals surface area (Å²) in [5, 5.41) is 8.67. The maximum atomic E-state index is 13.0. The maximum absolute atomic E-state index is 13.0. The molecule has 0 N–H and O–H groups in total. The number of aromatic nitrogens is 5. The summed E-state index contributed by atoms with van der Waals surface area (Å²) in [7, 11) is 4.80. The lowest BCUT2D eigenvalue weighted by Gasteiger charge is -2.35. The number of fused-ring (bicyclic) bond motifs is 1. The van der Waals surface area contributed by atoms with E-state index in [4.69, 9.17) is 14.2 Å². The average molecular weight is 490 g/mol. The molecule has 4 aromatic rings. The number of carbonyl (C=O) groups excluding carboxylic acids is 1. The Morgan fingerprint density at radius 1 is 0.889 bits per heavy atom. The Kier molecular flexibility index (Phi) is 6.52. The topological polar surface area (TPSA) is 108 Å². The van der Waals surface area contributed by atoms with E-state index in [1.165, 1.54) is 6.33 Å². The highest BCUT2D eigenvalue weighted by Crippen LogP contribution is 2.28. The Balaban J connectivity index is 1.27. The minimum Gasteiger partial charge on any atom is -0.497 e. The van der Waals surface area contributed by atoms with E-state index in [1.807, 2.05) is 47.4 Å². The molecule has 1 aliphatic heterocycles. The highest BCUT2D eigenvalue weighted by molar-refractivity contribution is 5.84. The van der Waals surface area contributed by atoms with E-state index < -0.39 is 0 Å². The first-order chi connectivity index (χ1) is 17.6. The number of amides is 1. The molecule has 2 aromatic carbocycles. The van der Waals surface area contributed by atoms with E-state index in [2.05, 4.69) is 25.2 Å². The number of hydrogen-bond donors (Lipinski definition) is 0. The minimum absolute atomic E-state index is 0.0696. The zero-order valence-electron chi connectivity index (χ0n) is 20.4. The van der Waals surface area contributed by atoms with Gasteiger partial charge in [-0.25, -0.2) is 9.97 Å². The van der Waals surface area contributed by atoms with Gasteiger partial charge >= 0.3 is 0 Å². The van der Waals surface area contributed by atoms with Crippen molar-refractivity contribution < 1.29 is 19.0 Å². The molecule has 186 valence electrons. The predicted molar refractivity (Wildman–Crippen MR) is 133 cm³/mol. The van der Waals surface area contributed by atoms with Gasteiger partial charge in [-0.1, -0.05) is 11.3 Å². The van der Waals surface area contributed by atoms with Crippen LogP contribution < -0.4 is 19.1 Å². The molecule has 11 nitrogen and oxygen atoms in total. The highest BCUT2D eigenvalue weighted by atomic mass is 16.5. The first-order valence-electron chi connectivity index (χ1n) is 11.6. The van der Waals surface area contributed by atoms with E-state index in [1.54, 1.807) is 26.0 Å². The monoisotopic (exact) mass is 489 g/mol. The van der Waals surface area contributed by atoms with Gasteiger partial charge in [-0.15, -0.1) is 5.10 Å². The fraction of sp³-hybridized carbons (Fsp3) is 0.320. The van der Waals surface area contributed by atoms with Gasteiger partial charge in [-0.2, -0.15) is 4.68 Å². The molecule has 1 amide bonds. The molecule has 5 rings (SSSR count). The number of benzene rings is 2. The Hall–Kier alpha value is -4.41. The lowest BCUT2D eigenvalue weighted by atomic mass is 10.1. The summed E-state index contributed by atoms with van der Waals surface area (Å²) in [5.41, 5.74) is 2.96. The number of anilines is 1. The Bertz CT molecular complexity index is 1360. The van der Waals surface area contributed by atoms with Crippen LogP contribution in [-0.2, 0) is 11.2 Å². The third-order valence-electron chi connectivity index (χ3n) is 6.27. The van der Waals surface area contributed by atoms with Crippen LogP contribution >= 0.6 is 0 Å². The molecule has 0 atom stereocenters. The van der Waals surface area contributed by atoms with Crippen molar-refractivity contribution in [2.75, 3.05) is 52.4 Å². The predicted octanol–water partition coefficient (Wildman–Crippen LogP) is 2.13. The van der Waals surface area contributed by atoms with Gasteiger partial charge in [0.05, 0.1) is 33.4 Å². The number of ether oxygens (including phenoxy) is 3. The van der Waals surface area contributed by atoms with Crippen molar-refractivity contribution >= 4 is 22.9 Å². The van der Waals surface area contributed by atoms with Crippen LogP contribution in [0.1, 0.15) is 5.56 Å². The van der Waals surface area contributed by atoms with Crippen molar-refractivity contribution in [1.29, 1.82) is 0 Å². The van der Waals surface area contributed by atoms with Crippen molar-refractivity contribution in [3.8, 4) is 22.9 Å². The SMILES string of the molecule is COc1ccc(-n2nnc3c(N4CCN(C(=O)Cc5ccc(OC)c(OC)c5)CC4)ncnc32)cc1. The zero-order chi connectivity index (χ0) is 25.1. The van der Waals surface area contributed by atoms with Crippen molar-refractivity contribution in [2.45, 2.75) is 6.42 Å². The molecule has 0 spiro atoms. The normalized spacial score (nSPS) is 13.6. The minimum atomic E-state index is 0.0696. The number of carbonyl (C=O) groups is 1. The van der Waals surface area contributed by atoms with E-state index in [9.17, 15) is 4.79 Å². The molecule has 1 saturated heterocycles. The zero-order valence-corrected chi connectivity index (χ0v) is 20.4. The summed E-state index contributed by atoms with van der Waals surface area (Å²) in [6.07, 6.45) is 1.82. The largest absolute Gasteiger partial charge is 0.497 e. The van der Waals surface area contributed by atoms with Crippen LogP contribution in [0.5, 0.6) is 17.2 Å². The maximum Gasteiger partial charge on any atom is 0.227 e. The Morgan fingerprint density at radius 2 is 1.64 bits per heavy atom. The summed E-state index contributed by atoms with van der Waals surface area (Å²) in [5.74, 6) is 2.80. The van der Waals surface area contributed by atoms with Gasteiger partial charge in [-0.3, -0.25) is 4.79 Å². The molecule has 0 unspecified atom stereocenters. The van der Waals surface area contributed by atoms with Crippen molar-refractivity contribution in [3.05, 3.63) is 54.4 Å². The van der Waals surface area contributed by atoms with Gasteiger partial charge in [0.1, 0.15) is 12.1 Å². The molecule has 0 radical (unpaired) electrons. The standard InChI is InChI=1S/C25H27N7O4/c1-34-19-7-5-18(6-8-19)32-25-23(28-29-32)24(26-16-27-25)31-12-10-30(11-13-31)22(33)15-17-4-9-20(35-2)21(14-17)36-3/h4-9,14,16H,10-13,15H2,1-3H3. The van der Waals surface area contributed by atoms with Crippen LogP contribution in [0.3, 0.4) is 0 Å². The molecule has 0 saturated carbocycles. The fourth-order valence-electron chi connectivity index (χ4n) is 4.31. The highest BCUT2D eigenvalue weighted by Gasteiger charge is 2.25. The second kappa shape index (κ2) is 10.1. The first-order valence-corrected chi connectivity index (χ1v) is 11.6. The van der Waals surface area contributed by atoms with Crippen molar-refractivity contribution in [2.24, 2.45) is 0 Å². The third kappa shape index (κ3) is 4.47. The summed E-state index contributed by atoms with van der Waals surface area (Å²) in [4.78, 5) is 25.9. The Labute approximate surface area is 208 Å². The van der Waals surface area contributed by atoms with Crippen LogP contribution in [0.25, 0.3) is 16.9 Å². The van der Waals surface area contributed by atoms with E-state index in [-0.39, 0.29) is 5.91 Å². The van der Waals surface area contributed by atoms with Gasteiger partial charge in [0.2, 0.25) is 5.91 Å². The third-order valence-corrected chi connectivity index (χ3v) is 6.27. The molecule has 36 heavy (non-hydrogen) atoms. The summed E-state index contributed by atoms with van der Waals surface area (Å²) < 4.78 is 17.6. The number of hydrogen-bond acceptors (Lipinski definition) is 9. The molecule has 3 heterocycles. The van der Waals surface area contributed by atoms with Gasteiger partial charge in [0, 0.05) is 26.2 Å². The van der Waals surface area contributed by atoms with Gasteiger partial charge in [-0.05, 0) is 42.0 Å². The molecular weight excluding hydrogens is 462 g/mol. The average Bonchev–Trinajstić information content (AvgIpc) is 3.37. The summed E-state index contributed by atoms with van der Waals surface area (Å²) >= 11 is 0. The second-order valence-electron chi connectivity index (χ2n) is 8.30. The first kappa shape index (κ1) is 23.3. The van der Waals surface area contributed by atoms with Crippen LogP contribution in [-0.4, -0.2) is 83.3 Å². The van der Waals surface area contributed by atoms with Crippen molar-refractivity contribution in [3.63, 3.8) is 0 Å². The van der Waals surface area contributed by atoms with Crippen LogP contribution in [0.4, 0.5) is 5.82 Å². The molecule has 1 aliphatic rings. The van der Waals surface area contributed by atoms with Gasteiger partial charge in [0.15, 0.2) is 28.5 Å².